The standard InChI is InChI=1S/C24H20N4O2/c1-17-25-21(16-23(26-17)27-18-10-4-2-5-11-18)24(29)28-20-14-8-9-15-22(20)30-19-12-6-3-7-13-19/h2-16H,1H3,(H,28,29)(H,25,26,27). The molecule has 6 nitrogen and oxygen atoms in total. The molecule has 1 amide bonds. The van der Waals surface area contributed by atoms with E-state index >= 15 is 0 Å². The molecule has 2 N–H and O–H groups in total. The van der Waals surface area contributed by atoms with E-state index in [-0.39, 0.29) is 11.6 Å². The molecule has 1 heterocycles. The Morgan fingerprint density at radius 2 is 1.50 bits per heavy atom. The summed E-state index contributed by atoms with van der Waals surface area (Å²) in [5.74, 6) is 1.93. The number of rotatable bonds is 6. The van der Waals surface area contributed by atoms with Crippen molar-refractivity contribution in [3.05, 3.63) is 103 Å². The largest absolute Gasteiger partial charge is 0.455 e. The molecule has 0 unspecified atom stereocenters. The number of anilines is 3. The number of ether oxygens (including phenoxy) is 1. The lowest BCUT2D eigenvalue weighted by Crippen LogP contribution is -2.16. The molecule has 0 spiro atoms. The molecule has 0 aliphatic rings. The number of carbonyl (C=O) groups excluding carboxylic acids is 1. The summed E-state index contributed by atoms with van der Waals surface area (Å²) in [5, 5.41) is 6.08. The van der Waals surface area contributed by atoms with Gasteiger partial charge in [0.25, 0.3) is 5.91 Å². The summed E-state index contributed by atoms with van der Waals surface area (Å²) in [6.07, 6.45) is 0. The van der Waals surface area contributed by atoms with Crippen LogP contribution in [0.1, 0.15) is 16.3 Å². The van der Waals surface area contributed by atoms with Crippen LogP contribution in [0, 0.1) is 6.92 Å². The molecule has 148 valence electrons. The molecule has 6 heteroatoms. The molecule has 0 aliphatic heterocycles. The third-order valence-corrected chi connectivity index (χ3v) is 4.22. The number of nitrogens with zero attached hydrogens (tertiary/aromatic N) is 2. The van der Waals surface area contributed by atoms with Crippen molar-refractivity contribution < 1.29 is 9.53 Å². The monoisotopic (exact) mass is 396 g/mol. The Hall–Kier alpha value is -4.19. The summed E-state index contributed by atoms with van der Waals surface area (Å²) < 4.78 is 5.91. The lowest BCUT2D eigenvalue weighted by molar-refractivity contribution is 0.102. The zero-order valence-corrected chi connectivity index (χ0v) is 16.4. The molecule has 1 aromatic heterocycles. The van der Waals surface area contributed by atoms with E-state index in [1.54, 1.807) is 25.1 Å². The first-order valence-electron chi connectivity index (χ1n) is 9.48. The number of nitrogens with one attached hydrogen (secondary N) is 2. The number of hydrogen-bond donors (Lipinski definition) is 2. The van der Waals surface area contributed by atoms with E-state index in [1.165, 1.54) is 0 Å². The Kier molecular flexibility index (Phi) is 5.66. The Balaban J connectivity index is 1.54. The predicted molar refractivity (Wildman–Crippen MR) is 117 cm³/mol. The molecule has 4 rings (SSSR count). The smallest absolute Gasteiger partial charge is 0.274 e. The quantitative estimate of drug-likeness (QED) is 0.445. The lowest BCUT2D eigenvalue weighted by Gasteiger charge is -2.13. The van der Waals surface area contributed by atoms with Crippen LogP contribution in [0.15, 0.2) is 91.0 Å². The van der Waals surface area contributed by atoms with E-state index in [9.17, 15) is 4.79 Å². The van der Waals surface area contributed by atoms with Crippen LogP contribution in [0.25, 0.3) is 0 Å². The third-order valence-electron chi connectivity index (χ3n) is 4.22. The van der Waals surface area contributed by atoms with Gasteiger partial charge < -0.3 is 15.4 Å². The van der Waals surface area contributed by atoms with E-state index in [4.69, 9.17) is 4.74 Å². The Morgan fingerprint density at radius 1 is 0.833 bits per heavy atom. The van der Waals surface area contributed by atoms with Crippen LogP contribution >= 0.6 is 0 Å². The van der Waals surface area contributed by atoms with Gasteiger partial charge in [-0.25, -0.2) is 9.97 Å². The fourth-order valence-corrected chi connectivity index (χ4v) is 2.88. The summed E-state index contributed by atoms with van der Waals surface area (Å²) in [4.78, 5) is 21.5. The first kappa shape index (κ1) is 19.1. The molecule has 0 atom stereocenters. The highest BCUT2D eigenvalue weighted by Crippen LogP contribution is 2.29. The van der Waals surface area contributed by atoms with Gasteiger partial charge in [0.05, 0.1) is 5.69 Å². The third kappa shape index (κ3) is 4.80. The first-order chi connectivity index (χ1) is 14.7. The highest BCUT2D eigenvalue weighted by atomic mass is 16.5. The van der Waals surface area contributed by atoms with Gasteiger partial charge in [-0.3, -0.25) is 4.79 Å². The molecule has 0 bridgehead atoms. The first-order valence-corrected chi connectivity index (χ1v) is 9.48. The molecular formula is C24H20N4O2. The van der Waals surface area contributed by atoms with Crippen LogP contribution in [0.2, 0.25) is 0 Å². The molecule has 0 saturated heterocycles. The minimum Gasteiger partial charge on any atom is -0.455 e. The number of benzene rings is 3. The van der Waals surface area contributed by atoms with Crippen LogP contribution in [0.5, 0.6) is 11.5 Å². The average molecular weight is 396 g/mol. The topological polar surface area (TPSA) is 76.1 Å². The zero-order chi connectivity index (χ0) is 20.8. The number of para-hydroxylation sites is 4. The van der Waals surface area contributed by atoms with Gasteiger partial charge in [-0.05, 0) is 43.3 Å². The molecule has 0 aliphatic carbocycles. The predicted octanol–water partition coefficient (Wildman–Crippen LogP) is 5.57. The second kappa shape index (κ2) is 8.87. The maximum Gasteiger partial charge on any atom is 0.274 e. The number of amides is 1. The van der Waals surface area contributed by atoms with Gasteiger partial charge in [0.15, 0.2) is 5.75 Å². The number of hydrogen-bond acceptors (Lipinski definition) is 5. The maximum absolute atomic E-state index is 12.9. The van der Waals surface area contributed by atoms with E-state index in [2.05, 4.69) is 20.6 Å². The van der Waals surface area contributed by atoms with Gasteiger partial charge in [-0.15, -0.1) is 0 Å². The van der Waals surface area contributed by atoms with E-state index in [0.29, 0.717) is 28.8 Å². The Morgan fingerprint density at radius 3 is 2.27 bits per heavy atom. The van der Waals surface area contributed by atoms with Crippen LogP contribution in [0.3, 0.4) is 0 Å². The average Bonchev–Trinajstić information content (AvgIpc) is 2.76. The highest BCUT2D eigenvalue weighted by molar-refractivity contribution is 6.04. The van der Waals surface area contributed by atoms with E-state index in [1.807, 2.05) is 72.8 Å². The van der Waals surface area contributed by atoms with Crippen molar-refractivity contribution in [2.75, 3.05) is 10.6 Å². The highest BCUT2D eigenvalue weighted by Gasteiger charge is 2.14. The molecule has 4 aromatic rings. The summed E-state index contributed by atoms with van der Waals surface area (Å²) >= 11 is 0. The van der Waals surface area contributed by atoms with Crippen molar-refractivity contribution in [1.82, 2.24) is 9.97 Å². The number of aromatic nitrogens is 2. The molecule has 30 heavy (non-hydrogen) atoms. The van der Waals surface area contributed by atoms with E-state index < -0.39 is 0 Å². The van der Waals surface area contributed by atoms with Crippen molar-refractivity contribution in [2.24, 2.45) is 0 Å². The fourth-order valence-electron chi connectivity index (χ4n) is 2.88. The molecular weight excluding hydrogens is 376 g/mol. The van der Waals surface area contributed by atoms with E-state index in [0.717, 1.165) is 5.69 Å². The van der Waals surface area contributed by atoms with Crippen molar-refractivity contribution in [3.8, 4) is 11.5 Å². The Labute approximate surface area is 174 Å². The van der Waals surface area contributed by atoms with Gasteiger partial charge in [-0.1, -0.05) is 48.5 Å². The normalized spacial score (nSPS) is 10.3. The lowest BCUT2D eigenvalue weighted by atomic mass is 10.2. The van der Waals surface area contributed by atoms with Crippen molar-refractivity contribution in [2.45, 2.75) is 6.92 Å². The van der Waals surface area contributed by atoms with Crippen LogP contribution in [0.4, 0.5) is 17.2 Å². The second-order valence-corrected chi connectivity index (χ2v) is 6.54. The minimum atomic E-state index is -0.347. The van der Waals surface area contributed by atoms with Crippen molar-refractivity contribution in [1.29, 1.82) is 0 Å². The zero-order valence-electron chi connectivity index (χ0n) is 16.4. The molecule has 0 saturated carbocycles. The van der Waals surface area contributed by atoms with Gasteiger partial charge in [0, 0.05) is 11.8 Å². The summed E-state index contributed by atoms with van der Waals surface area (Å²) in [6.45, 7) is 1.75. The van der Waals surface area contributed by atoms with Gasteiger partial charge >= 0.3 is 0 Å². The maximum atomic E-state index is 12.9. The molecule has 0 radical (unpaired) electrons. The Bertz CT molecular complexity index is 1150. The van der Waals surface area contributed by atoms with Crippen LogP contribution < -0.4 is 15.4 Å². The minimum absolute atomic E-state index is 0.260. The van der Waals surface area contributed by atoms with Crippen molar-refractivity contribution >= 4 is 23.1 Å². The van der Waals surface area contributed by atoms with Gasteiger partial charge in [0.1, 0.15) is 23.1 Å². The molecule has 3 aromatic carbocycles. The van der Waals surface area contributed by atoms with Gasteiger partial charge in [0.2, 0.25) is 0 Å². The van der Waals surface area contributed by atoms with Crippen LogP contribution in [-0.2, 0) is 0 Å². The number of aryl methyl sites for hydroxylation is 1. The van der Waals surface area contributed by atoms with Gasteiger partial charge in [-0.2, -0.15) is 0 Å². The van der Waals surface area contributed by atoms with Crippen LogP contribution in [-0.4, -0.2) is 15.9 Å². The molecule has 0 fully saturated rings. The number of carbonyl (C=O) groups is 1. The summed E-state index contributed by atoms with van der Waals surface area (Å²) in [5.41, 5.74) is 1.69. The summed E-state index contributed by atoms with van der Waals surface area (Å²) in [6, 6.07) is 27.9. The second-order valence-electron chi connectivity index (χ2n) is 6.54. The van der Waals surface area contributed by atoms with Crippen molar-refractivity contribution in [3.63, 3.8) is 0 Å². The fraction of sp³-hybridized carbons (Fsp3) is 0.0417. The summed E-state index contributed by atoms with van der Waals surface area (Å²) in [7, 11) is 0. The SMILES string of the molecule is Cc1nc(Nc2ccccc2)cc(C(=O)Nc2ccccc2Oc2ccccc2)n1.